The minimum atomic E-state index is -0.348. The third-order valence-electron chi connectivity index (χ3n) is 9.01. The van der Waals surface area contributed by atoms with Crippen LogP contribution in [-0.4, -0.2) is 32.2 Å². The average molecular weight is 621 g/mol. The summed E-state index contributed by atoms with van der Waals surface area (Å²) in [6.45, 7) is 10.3. The molecule has 0 amide bonds. The van der Waals surface area contributed by atoms with Crippen LogP contribution in [0.1, 0.15) is 74.1 Å². The van der Waals surface area contributed by atoms with E-state index in [0.717, 1.165) is 45.3 Å². The summed E-state index contributed by atoms with van der Waals surface area (Å²) in [5.41, 5.74) is 4.20. The summed E-state index contributed by atoms with van der Waals surface area (Å²) in [7, 11) is 0. The zero-order valence-corrected chi connectivity index (χ0v) is 27.1. The Morgan fingerprint density at radius 1 is 0.413 bits per heavy atom. The lowest BCUT2D eigenvalue weighted by atomic mass is 9.64. The first kappa shape index (κ1) is 31.6. The highest BCUT2D eigenvalue weighted by atomic mass is 16.5. The van der Waals surface area contributed by atoms with Gasteiger partial charge in [-0.25, -0.2) is 0 Å². The van der Waals surface area contributed by atoms with Crippen molar-refractivity contribution in [3.05, 3.63) is 119 Å². The molecule has 2 bridgehead atoms. The predicted octanol–water partition coefficient (Wildman–Crippen LogP) is 7.55. The molecule has 4 atom stereocenters. The number of carbonyl (C=O) groups is 1. The summed E-state index contributed by atoms with van der Waals surface area (Å²) in [6.07, 6.45) is 0. The largest absolute Gasteiger partial charge is 0.494 e. The summed E-state index contributed by atoms with van der Waals surface area (Å²) < 4.78 is 23.0. The molecular weight excluding hydrogens is 576 g/mol. The molecule has 2 aliphatic heterocycles. The Hall–Kier alpha value is -4.33. The van der Waals surface area contributed by atoms with Gasteiger partial charge in [0.2, 0.25) is 0 Å². The van der Waals surface area contributed by atoms with Crippen LogP contribution in [0.15, 0.2) is 97.1 Å². The number of nitrogens with one attached hydrogen (secondary N) is 2. The van der Waals surface area contributed by atoms with Gasteiger partial charge in [0, 0.05) is 24.2 Å². The quantitative estimate of drug-likeness (QED) is 0.169. The normalized spacial score (nSPS) is 23.9. The Bertz CT molecular complexity index is 1340. The summed E-state index contributed by atoms with van der Waals surface area (Å²) >= 11 is 0. The molecule has 7 heteroatoms. The molecule has 2 aliphatic rings. The Kier molecular flexibility index (Phi) is 9.91. The number of ketones is 1. The number of hydrogen-bond donors (Lipinski definition) is 2. The van der Waals surface area contributed by atoms with Crippen LogP contribution in [0.3, 0.4) is 0 Å². The molecule has 4 aromatic rings. The third kappa shape index (κ3) is 6.48. The molecule has 4 aromatic carbocycles. The van der Waals surface area contributed by atoms with Gasteiger partial charge in [0.05, 0.1) is 38.3 Å². The maximum Gasteiger partial charge on any atom is 0.146 e. The van der Waals surface area contributed by atoms with E-state index in [2.05, 4.69) is 59.2 Å². The second-order valence-electron chi connectivity index (χ2n) is 11.7. The Morgan fingerprint density at radius 2 is 0.630 bits per heavy atom. The van der Waals surface area contributed by atoms with Crippen molar-refractivity contribution in [2.45, 2.75) is 51.9 Å². The van der Waals surface area contributed by atoms with E-state index in [1.165, 1.54) is 0 Å². The Balaban J connectivity index is 1.45. The second-order valence-corrected chi connectivity index (χ2v) is 11.7. The number of carbonyl (C=O) groups excluding carboxylic acids is 1. The van der Waals surface area contributed by atoms with Crippen LogP contribution in [0, 0.1) is 11.8 Å². The lowest BCUT2D eigenvalue weighted by Gasteiger charge is -2.52. The summed E-state index contributed by atoms with van der Waals surface area (Å²) in [5, 5.41) is 7.98. The zero-order chi connectivity index (χ0) is 32.0. The van der Waals surface area contributed by atoms with Gasteiger partial charge in [-0.3, -0.25) is 4.79 Å². The van der Waals surface area contributed by atoms with Gasteiger partial charge in [-0.05, 0) is 98.5 Å². The molecule has 46 heavy (non-hydrogen) atoms. The van der Waals surface area contributed by atoms with E-state index in [-0.39, 0.29) is 41.8 Å². The fraction of sp³-hybridized carbons (Fsp3) is 0.359. The van der Waals surface area contributed by atoms with Crippen molar-refractivity contribution in [1.29, 1.82) is 0 Å². The number of fused-ring (bicyclic) bond motifs is 2. The molecule has 0 aromatic heterocycles. The van der Waals surface area contributed by atoms with E-state index < -0.39 is 0 Å². The smallest absolute Gasteiger partial charge is 0.146 e. The summed E-state index contributed by atoms with van der Waals surface area (Å²) in [5.74, 6) is 2.81. The first-order valence-corrected chi connectivity index (χ1v) is 16.5. The van der Waals surface area contributed by atoms with Crippen LogP contribution >= 0.6 is 0 Å². The van der Waals surface area contributed by atoms with Gasteiger partial charge in [0.25, 0.3) is 0 Å². The van der Waals surface area contributed by atoms with Crippen LogP contribution < -0.4 is 29.6 Å². The van der Waals surface area contributed by atoms with E-state index >= 15 is 4.79 Å². The number of benzene rings is 4. The number of ether oxygens (including phenoxy) is 4. The minimum absolute atomic E-state index is 0.235. The van der Waals surface area contributed by atoms with E-state index in [1.54, 1.807) is 0 Å². The van der Waals surface area contributed by atoms with Crippen molar-refractivity contribution in [2.24, 2.45) is 11.8 Å². The number of hydrogen-bond acceptors (Lipinski definition) is 7. The first-order chi connectivity index (χ1) is 22.5. The molecule has 2 fully saturated rings. The Morgan fingerprint density at radius 3 is 0.826 bits per heavy atom. The van der Waals surface area contributed by atoms with E-state index in [4.69, 9.17) is 18.9 Å². The van der Waals surface area contributed by atoms with Crippen molar-refractivity contribution < 1.29 is 23.7 Å². The predicted molar refractivity (Wildman–Crippen MR) is 180 cm³/mol. The molecule has 6 rings (SSSR count). The molecule has 0 radical (unpaired) electrons. The van der Waals surface area contributed by atoms with Gasteiger partial charge < -0.3 is 29.6 Å². The molecule has 2 heterocycles. The molecule has 7 nitrogen and oxygen atoms in total. The van der Waals surface area contributed by atoms with Crippen molar-refractivity contribution in [3.63, 3.8) is 0 Å². The fourth-order valence-corrected chi connectivity index (χ4v) is 7.03. The molecule has 0 spiro atoms. The SMILES string of the molecule is CCOc1ccc(C2NC(c3ccc(OCC)cc3)C3C(=O)C2C(c2ccc(OCC)cc2)NC3c2ccc(OCC)cc2)cc1. The van der Waals surface area contributed by atoms with Crippen molar-refractivity contribution >= 4 is 5.78 Å². The van der Waals surface area contributed by atoms with Crippen LogP contribution in [0.5, 0.6) is 23.0 Å². The molecular formula is C39H44N2O5. The number of Topliss-reactive ketones (excluding diaryl/α,β-unsaturated/α-hetero) is 1. The summed E-state index contributed by atoms with van der Waals surface area (Å²) in [4.78, 5) is 15.0. The minimum Gasteiger partial charge on any atom is -0.494 e. The van der Waals surface area contributed by atoms with Gasteiger partial charge in [0.15, 0.2) is 0 Å². The van der Waals surface area contributed by atoms with E-state index in [1.807, 2.05) is 76.2 Å². The molecule has 4 unspecified atom stereocenters. The highest BCUT2D eigenvalue weighted by molar-refractivity contribution is 5.89. The monoisotopic (exact) mass is 620 g/mol. The van der Waals surface area contributed by atoms with E-state index in [9.17, 15) is 0 Å². The van der Waals surface area contributed by atoms with Gasteiger partial charge in [0.1, 0.15) is 28.8 Å². The Labute approximate surface area is 272 Å². The average Bonchev–Trinajstić information content (AvgIpc) is 3.07. The van der Waals surface area contributed by atoms with Crippen molar-refractivity contribution in [2.75, 3.05) is 26.4 Å². The van der Waals surface area contributed by atoms with Crippen molar-refractivity contribution in [1.82, 2.24) is 10.6 Å². The van der Waals surface area contributed by atoms with Gasteiger partial charge in [-0.1, -0.05) is 48.5 Å². The van der Waals surface area contributed by atoms with Crippen LogP contribution in [0.4, 0.5) is 0 Å². The standard InChI is InChI=1S/C39H44N2O5/c1-5-43-29-17-9-25(10-18-29)35-33-36(26-11-19-30(20-12-26)44-6-2)41-38(28-15-23-32(24-16-28)46-8-4)34(39(33)42)37(40-35)27-13-21-31(22-14-27)45-7-3/h9-24,33-38,40-41H,5-8H2,1-4H3. The number of rotatable bonds is 12. The fourth-order valence-electron chi connectivity index (χ4n) is 7.03. The number of piperidine rings is 2. The zero-order valence-electron chi connectivity index (χ0n) is 27.1. The van der Waals surface area contributed by atoms with Crippen LogP contribution in [0.25, 0.3) is 0 Å². The molecule has 0 saturated carbocycles. The molecule has 0 aliphatic carbocycles. The van der Waals surface area contributed by atoms with Gasteiger partial charge in [-0.15, -0.1) is 0 Å². The van der Waals surface area contributed by atoms with Crippen LogP contribution in [0.2, 0.25) is 0 Å². The molecule has 2 N–H and O–H groups in total. The maximum atomic E-state index is 15.0. The first-order valence-electron chi connectivity index (χ1n) is 16.5. The topological polar surface area (TPSA) is 78.1 Å². The maximum absolute atomic E-state index is 15.0. The summed E-state index contributed by atoms with van der Waals surface area (Å²) in [6, 6.07) is 31.7. The highest BCUT2D eigenvalue weighted by Gasteiger charge is 2.55. The highest BCUT2D eigenvalue weighted by Crippen LogP contribution is 2.52. The van der Waals surface area contributed by atoms with Gasteiger partial charge >= 0.3 is 0 Å². The molecule has 2 saturated heterocycles. The lowest BCUT2D eigenvalue weighted by Crippen LogP contribution is -2.60. The third-order valence-corrected chi connectivity index (χ3v) is 9.01. The van der Waals surface area contributed by atoms with E-state index in [0.29, 0.717) is 26.4 Å². The second kappa shape index (κ2) is 14.4. The molecule has 240 valence electrons. The lowest BCUT2D eigenvalue weighted by molar-refractivity contribution is -0.139. The van der Waals surface area contributed by atoms with Crippen molar-refractivity contribution in [3.8, 4) is 23.0 Å². The van der Waals surface area contributed by atoms with Crippen LogP contribution in [-0.2, 0) is 4.79 Å². The van der Waals surface area contributed by atoms with Gasteiger partial charge in [-0.2, -0.15) is 0 Å².